The van der Waals surface area contributed by atoms with Crippen molar-refractivity contribution in [3.8, 4) is 16.9 Å². The highest BCUT2D eigenvalue weighted by Gasteiger charge is 2.20. The quantitative estimate of drug-likeness (QED) is 0.385. The highest BCUT2D eigenvalue weighted by molar-refractivity contribution is 6.30. The van der Waals surface area contributed by atoms with Crippen molar-refractivity contribution in [3.05, 3.63) is 98.3 Å². The number of benzene rings is 3. The lowest BCUT2D eigenvalue weighted by molar-refractivity contribution is -0.384. The van der Waals surface area contributed by atoms with Gasteiger partial charge < -0.3 is 0 Å². The molecule has 0 N–H and O–H groups in total. The van der Waals surface area contributed by atoms with Crippen molar-refractivity contribution in [2.75, 3.05) is 0 Å². The monoisotopic (exact) mass is 377 g/mol. The van der Waals surface area contributed by atoms with E-state index in [1.165, 1.54) is 18.2 Å². The number of nitro benzene ring substituents is 1. The normalized spacial score (nSPS) is 10.9. The van der Waals surface area contributed by atoms with Gasteiger partial charge in [-0.05, 0) is 18.2 Å². The number of hydrogen-bond donors (Lipinski definition) is 0. The van der Waals surface area contributed by atoms with E-state index in [0.717, 1.165) is 10.2 Å². The van der Waals surface area contributed by atoms with Gasteiger partial charge in [-0.25, -0.2) is 0 Å². The Morgan fingerprint density at radius 3 is 2.30 bits per heavy atom. The zero-order chi connectivity index (χ0) is 19.0. The van der Waals surface area contributed by atoms with Crippen LogP contribution in [-0.4, -0.2) is 14.7 Å². The third-order valence-corrected chi connectivity index (χ3v) is 4.45. The molecule has 4 aromatic rings. The lowest BCUT2D eigenvalue weighted by atomic mass is 10.1. The molecule has 0 amide bonds. The highest BCUT2D eigenvalue weighted by Crippen LogP contribution is 2.28. The fourth-order valence-corrected chi connectivity index (χ4v) is 3.15. The summed E-state index contributed by atoms with van der Waals surface area (Å²) in [5, 5.41) is 17.3. The number of fused-ring (bicyclic) bond motifs is 1. The van der Waals surface area contributed by atoms with E-state index in [1.807, 2.05) is 42.5 Å². The number of halogens is 1. The van der Waals surface area contributed by atoms with Gasteiger partial charge in [-0.1, -0.05) is 60.1 Å². The van der Waals surface area contributed by atoms with Gasteiger partial charge in [-0.15, -0.1) is 0 Å². The first-order chi connectivity index (χ1) is 13.1. The average Bonchev–Trinajstić information content (AvgIpc) is 2.69. The number of hydrogen-bond acceptors (Lipinski definition) is 4. The van der Waals surface area contributed by atoms with Gasteiger partial charge in [0.05, 0.1) is 16.0 Å². The Labute approximate surface area is 158 Å². The number of nitrogens with zero attached hydrogens (tertiary/aromatic N) is 3. The second-order valence-corrected chi connectivity index (χ2v) is 6.30. The van der Waals surface area contributed by atoms with Crippen molar-refractivity contribution in [1.82, 2.24) is 9.78 Å². The van der Waals surface area contributed by atoms with Crippen LogP contribution < -0.4 is 5.56 Å². The van der Waals surface area contributed by atoms with Crippen LogP contribution in [0.1, 0.15) is 0 Å². The maximum Gasteiger partial charge on any atom is 0.296 e. The molecule has 0 aliphatic rings. The first-order valence-electron chi connectivity index (χ1n) is 8.08. The summed E-state index contributed by atoms with van der Waals surface area (Å²) in [7, 11) is 0. The highest BCUT2D eigenvalue weighted by atomic mass is 35.5. The average molecular weight is 378 g/mol. The standard InChI is InChI=1S/C20H12ClN3O3/c21-14-10-11-17(18(12-14)24(26)27)23-20(25)16-9-5-4-8-15(16)19(22-23)13-6-2-1-3-7-13/h1-12H. The van der Waals surface area contributed by atoms with Crippen LogP contribution >= 0.6 is 11.6 Å². The molecule has 0 bridgehead atoms. The maximum atomic E-state index is 13.0. The van der Waals surface area contributed by atoms with Crippen LogP contribution in [0.3, 0.4) is 0 Å². The van der Waals surface area contributed by atoms with Crippen LogP contribution in [0.4, 0.5) is 5.69 Å². The Morgan fingerprint density at radius 1 is 0.926 bits per heavy atom. The minimum atomic E-state index is -0.577. The SMILES string of the molecule is O=c1c2ccccc2c(-c2ccccc2)nn1-c1ccc(Cl)cc1[N+](=O)[O-]. The summed E-state index contributed by atoms with van der Waals surface area (Å²) in [5.41, 5.74) is 0.716. The molecule has 0 aliphatic carbocycles. The predicted molar refractivity (Wildman–Crippen MR) is 104 cm³/mol. The number of rotatable bonds is 3. The van der Waals surface area contributed by atoms with Gasteiger partial charge in [-0.2, -0.15) is 9.78 Å². The molecule has 0 saturated carbocycles. The third kappa shape index (κ3) is 2.96. The second kappa shape index (κ2) is 6.66. The van der Waals surface area contributed by atoms with Crippen molar-refractivity contribution in [2.24, 2.45) is 0 Å². The van der Waals surface area contributed by atoms with Crippen LogP contribution in [-0.2, 0) is 0 Å². The summed E-state index contributed by atoms with van der Waals surface area (Å²) in [5.74, 6) is 0. The zero-order valence-corrected chi connectivity index (χ0v) is 14.6. The van der Waals surface area contributed by atoms with Crippen LogP contribution in [0.15, 0.2) is 77.6 Å². The van der Waals surface area contributed by atoms with Crippen molar-refractivity contribution in [1.29, 1.82) is 0 Å². The van der Waals surface area contributed by atoms with Crippen molar-refractivity contribution in [3.63, 3.8) is 0 Å². The molecular weight excluding hydrogens is 366 g/mol. The molecule has 3 aromatic carbocycles. The van der Waals surface area contributed by atoms with E-state index in [9.17, 15) is 14.9 Å². The largest absolute Gasteiger partial charge is 0.296 e. The predicted octanol–water partition coefficient (Wildman–Crippen LogP) is 4.61. The van der Waals surface area contributed by atoms with Crippen LogP contribution in [0.5, 0.6) is 0 Å². The fraction of sp³-hybridized carbons (Fsp3) is 0. The topological polar surface area (TPSA) is 78.0 Å². The maximum absolute atomic E-state index is 13.0. The Hall–Kier alpha value is -3.51. The molecule has 0 fully saturated rings. The summed E-state index contributed by atoms with van der Waals surface area (Å²) in [4.78, 5) is 23.9. The first kappa shape index (κ1) is 16.9. The molecule has 7 heteroatoms. The molecule has 6 nitrogen and oxygen atoms in total. The first-order valence-corrected chi connectivity index (χ1v) is 8.46. The molecule has 1 heterocycles. The van der Waals surface area contributed by atoms with E-state index in [1.54, 1.807) is 12.1 Å². The Kier molecular flexibility index (Phi) is 4.18. The Bertz CT molecular complexity index is 1240. The minimum absolute atomic E-state index is 0.0670. The smallest absolute Gasteiger partial charge is 0.267 e. The van der Waals surface area contributed by atoms with Crippen molar-refractivity contribution >= 4 is 28.1 Å². The van der Waals surface area contributed by atoms with Crippen molar-refractivity contribution < 1.29 is 4.92 Å². The number of nitro groups is 1. The van der Waals surface area contributed by atoms with Gasteiger partial charge in [0.15, 0.2) is 0 Å². The second-order valence-electron chi connectivity index (χ2n) is 5.87. The minimum Gasteiger partial charge on any atom is -0.267 e. The van der Waals surface area contributed by atoms with Gasteiger partial charge in [-0.3, -0.25) is 14.9 Å². The molecule has 0 saturated heterocycles. The molecule has 0 unspecified atom stereocenters. The lowest BCUT2D eigenvalue weighted by Gasteiger charge is -2.11. The van der Waals surface area contributed by atoms with Crippen molar-refractivity contribution in [2.45, 2.75) is 0 Å². The lowest BCUT2D eigenvalue weighted by Crippen LogP contribution is -2.23. The number of aromatic nitrogens is 2. The van der Waals surface area contributed by atoms with Gasteiger partial charge in [0.2, 0.25) is 0 Å². The van der Waals surface area contributed by atoms with E-state index in [2.05, 4.69) is 5.10 Å². The molecule has 1 aromatic heterocycles. The summed E-state index contributed by atoms with van der Waals surface area (Å²) in [6.45, 7) is 0. The Balaban J connectivity index is 2.11. The summed E-state index contributed by atoms with van der Waals surface area (Å²) < 4.78 is 1.07. The van der Waals surface area contributed by atoms with Crippen LogP contribution in [0, 0.1) is 10.1 Å². The molecule has 0 radical (unpaired) electrons. The third-order valence-electron chi connectivity index (χ3n) is 4.21. The molecule has 4 rings (SSSR count). The van der Waals surface area contributed by atoms with Gasteiger partial charge in [0, 0.05) is 22.0 Å². The zero-order valence-electron chi connectivity index (χ0n) is 13.9. The van der Waals surface area contributed by atoms with Gasteiger partial charge in [0.1, 0.15) is 5.69 Å². The van der Waals surface area contributed by atoms with Gasteiger partial charge in [0.25, 0.3) is 11.2 Å². The summed E-state index contributed by atoms with van der Waals surface area (Å²) >= 11 is 5.90. The van der Waals surface area contributed by atoms with E-state index in [4.69, 9.17) is 11.6 Å². The summed E-state index contributed by atoms with van der Waals surface area (Å²) in [6, 6.07) is 20.6. The fourth-order valence-electron chi connectivity index (χ4n) is 2.98. The molecule has 0 aliphatic heterocycles. The van der Waals surface area contributed by atoms with E-state index in [0.29, 0.717) is 16.5 Å². The summed E-state index contributed by atoms with van der Waals surface area (Å²) in [6.07, 6.45) is 0. The molecular formula is C20H12ClN3O3. The Morgan fingerprint density at radius 2 is 1.59 bits per heavy atom. The van der Waals surface area contributed by atoms with E-state index >= 15 is 0 Å². The van der Waals surface area contributed by atoms with E-state index in [-0.39, 0.29) is 16.4 Å². The molecule has 27 heavy (non-hydrogen) atoms. The van der Waals surface area contributed by atoms with Crippen LogP contribution in [0.2, 0.25) is 5.02 Å². The van der Waals surface area contributed by atoms with Crippen LogP contribution in [0.25, 0.3) is 27.7 Å². The van der Waals surface area contributed by atoms with Gasteiger partial charge >= 0.3 is 0 Å². The molecule has 132 valence electrons. The molecule has 0 spiro atoms. The van der Waals surface area contributed by atoms with E-state index < -0.39 is 10.5 Å². The molecule has 0 atom stereocenters.